The zero-order valence-corrected chi connectivity index (χ0v) is 12.2. The predicted octanol–water partition coefficient (Wildman–Crippen LogP) is 2.61. The van der Waals surface area contributed by atoms with Crippen molar-refractivity contribution in [2.75, 3.05) is 20.3 Å². The second-order valence-corrected chi connectivity index (χ2v) is 4.57. The Kier molecular flexibility index (Phi) is 6.36. The van der Waals surface area contributed by atoms with Crippen LogP contribution in [0.15, 0.2) is 18.2 Å². The number of methoxy groups -OCH3 is 1. The van der Waals surface area contributed by atoms with Crippen molar-refractivity contribution in [1.82, 2.24) is 5.32 Å². The molecule has 19 heavy (non-hydrogen) atoms. The summed E-state index contributed by atoms with van der Waals surface area (Å²) in [7, 11) is 1.35. The van der Waals surface area contributed by atoms with Gasteiger partial charge in [0, 0.05) is 6.04 Å². The van der Waals surface area contributed by atoms with E-state index in [0.717, 1.165) is 24.3 Å². The molecule has 0 aromatic heterocycles. The Balaban J connectivity index is 2.66. The fourth-order valence-corrected chi connectivity index (χ4v) is 1.78. The number of carbonyl (C=O) groups is 1. The van der Waals surface area contributed by atoms with Crippen LogP contribution in [0.1, 0.15) is 37.4 Å². The van der Waals surface area contributed by atoms with Gasteiger partial charge in [0.2, 0.25) is 0 Å². The molecular formula is C15H23NO3. The number of benzene rings is 1. The molecule has 1 rings (SSSR count). The van der Waals surface area contributed by atoms with Crippen molar-refractivity contribution in [3.63, 3.8) is 0 Å². The molecule has 1 atom stereocenters. The molecule has 4 nitrogen and oxygen atoms in total. The van der Waals surface area contributed by atoms with E-state index in [1.54, 1.807) is 0 Å². The van der Waals surface area contributed by atoms with Crippen molar-refractivity contribution in [2.24, 2.45) is 0 Å². The molecule has 0 aliphatic carbocycles. The molecule has 0 aliphatic heterocycles. The first kappa shape index (κ1) is 15.5. The van der Waals surface area contributed by atoms with E-state index >= 15 is 0 Å². The Morgan fingerprint density at radius 3 is 2.74 bits per heavy atom. The average Bonchev–Trinajstić information content (AvgIpc) is 2.42. The SMILES string of the molecule is CCCNC(C)c1ccc(OCC(=O)OC)c(C)c1. The summed E-state index contributed by atoms with van der Waals surface area (Å²) in [5.41, 5.74) is 2.24. The van der Waals surface area contributed by atoms with Crippen molar-refractivity contribution in [1.29, 1.82) is 0 Å². The molecule has 1 aromatic carbocycles. The van der Waals surface area contributed by atoms with Crippen molar-refractivity contribution in [2.45, 2.75) is 33.2 Å². The first-order chi connectivity index (χ1) is 9.08. The van der Waals surface area contributed by atoms with Gasteiger partial charge in [-0.2, -0.15) is 0 Å². The van der Waals surface area contributed by atoms with Gasteiger partial charge in [-0.15, -0.1) is 0 Å². The van der Waals surface area contributed by atoms with Crippen LogP contribution in [0.4, 0.5) is 0 Å². The highest BCUT2D eigenvalue weighted by atomic mass is 16.6. The summed E-state index contributed by atoms with van der Waals surface area (Å²) in [5.74, 6) is 0.346. The summed E-state index contributed by atoms with van der Waals surface area (Å²) in [6, 6.07) is 6.32. The fourth-order valence-electron chi connectivity index (χ4n) is 1.78. The van der Waals surface area contributed by atoms with Gasteiger partial charge in [0.15, 0.2) is 6.61 Å². The lowest BCUT2D eigenvalue weighted by atomic mass is 10.0. The zero-order valence-electron chi connectivity index (χ0n) is 12.2. The Bertz CT molecular complexity index is 418. The second-order valence-electron chi connectivity index (χ2n) is 4.57. The molecule has 106 valence electrons. The number of hydrogen-bond acceptors (Lipinski definition) is 4. The maximum Gasteiger partial charge on any atom is 0.343 e. The molecule has 1 aromatic rings. The molecule has 0 heterocycles. The molecule has 0 bridgehead atoms. The van der Waals surface area contributed by atoms with Gasteiger partial charge in [0.25, 0.3) is 0 Å². The van der Waals surface area contributed by atoms with Gasteiger partial charge in [-0.05, 0) is 44.0 Å². The molecule has 1 N–H and O–H groups in total. The monoisotopic (exact) mass is 265 g/mol. The maximum absolute atomic E-state index is 11.0. The molecule has 0 aliphatic rings. The number of ether oxygens (including phenoxy) is 2. The number of rotatable bonds is 7. The lowest BCUT2D eigenvalue weighted by Crippen LogP contribution is -2.19. The number of carbonyl (C=O) groups excluding carboxylic acids is 1. The van der Waals surface area contributed by atoms with Gasteiger partial charge in [0.05, 0.1) is 7.11 Å². The number of hydrogen-bond donors (Lipinski definition) is 1. The Morgan fingerprint density at radius 2 is 2.16 bits per heavy atom. The quantitative estimate of drug-likeness (QED) is 0.770. The molecule has 0 amide bonds. The van der Waals surface area contributed by atoms with Crippen LogP contribution in [0.5, 0.6) is 5.75 Å². The lowest BCUT2D eigenvalue weighted by molar-refractivity contribution is -0.142. The molecule has 0 radical (unpaired) electrons. The molecule has 0 spiro atoms. The summed E-state index contributed by atoms with van der Waals surface area (Å²) in [5, 5.41) is 3.44. The van der Waals surface area contributed by atoms with Gasteiger partial charge in [-0.3, -0.25) is 0 Å². The van der Waals surface area contributed by atoms with Crippen LogP contribution in [-0.4, -0.2) is 26.2 Å². The third-order valence-corrected chi connectivity index (χ3v) is 2.97. The van der Waals surface area contributed by atoms with Crippen LogP contribution in [-0.2, 0) is 9.53 Å². The summed E-state index contributed by atoms with van der Waals surface area (Å²) in [6.45, 7) is 7.21. The minimum Gasteiger partial charge on any atom is -0.482 e. The van der Waals surface area contributed by atoms with Crippen LogP contribution >= 0.6 is 0 Å². The normalized spacial score (nSPS) is 12.0. The lowest BCUT2D eigenvalue weighted by Gasteiger charge is -2.16. The van der Waals surface area contributed by atoms with Crippen molar-refractivity contribution in [3.8, 4) is 5.75 Å². The van der Waals surface area contributed by atoms with E-state index in [1.165, 1.54) is 12.7 Å². The van der Waals surface area contributed by atoms with Gasteiger partial charge in [-0.25, -0.2) is 4.79 Å². The van der Waals surface area contributed by atoms with Crippen LogP contribution in [0.3, 0.4) is 0 Å². The number of nitrogens with one attached hydrogen (secondary N) is 1. The number of aryl methyl sites for hydroxylation is 1. The fraction of sp³-hybridized carbons (Fsp3) is 0.533. The highest BCUT2D eigenvalue weighted by molar-refractivity contribution is 5.70. The van der Waals surface area contributed by atoms with Crippen LogP contribution in [0, 0.1) is 6.92 Å². The van der Waals surface area contributed by atoms with E-state index in [9.17, 15) is 4.79 Å². The van der Waals surface area contributed by atoms with Gasteiger partial charge >= 0.3 is 5.97 Å². The minimum atomic E-state index is -0.374. The van der Waals surface area contributed by atoms with Gasteiger partial charge in [-0.1, -0.05) is 19.1 Å². The average molecular weight is 265 g/mol. The molecule has 4 heteroatoms. The minimum absolute atomic E-state index is 0.0552. The smallest absolute Gasteiger partial charge is 0.343 e. The van der Waals surface area contributed by atoms with Gasteiger partial charge < -0.3 is 14.8 Å². The molecule has 1 unspecified atom stereocenters. The van der Waals surface area contributed by atoms with E-state index in [4.69, 9.17) is 4.74 Å². The standard InChI is InChI=1S/C15H23NO3/c1-5-8-16-12(3)13-6-7-14(11(2)9-13)19-10-15(17)18-4/h6-7,9,12,16H,5,8,10H2,1-4H3. The molecule has 0 saturated heterocycles. The Hall–Kier alpha value is -1.55. The van der Waals surface area contributed by atoms with Crippen molar-refractivity contribution >= 4 is 5.97 Å². The molecule has 0 fully saturated rings. The largest absolute Gasteiger partial charge is 0.482 e. The third-order valence-electron chi connectivity index (χ3n) is 2.97. The van der Waals surface area contributed by atoms with E-state index in [2.05, 4.69) is 30.0 Å². The first-order valence-electron chi connectivity index (χ1n) is 6.62. The van der Waals surface area contributed by atoms with Crippen molar-refractivity contribution in [3.05, 3.63) is 29.3 Å². The topological polar surface area (TPSA) is 47.6 Å². The van der Waals surface area contributed by atoms with Crippen LogP contribution in [0.2, 0.25) is 0 Å². The predicted molar refractivity (Wildman–Crippen MR) is 75.4 cm³/mol. The van der Waals surface area contributed by atoms with E-state index < -0.39 is 0 Å². The second kappa shape index (κ2) is 7.79. The van der Waals surface area contributed by atoms with E-state index in [0.29, 0.717) is 6.04 Å². The van der Waals surface area contributed by atoms with Crippen LogP contribution < -0.4 is 10.1 Å². The first-order valence-corrected chi connectivity index (χ1v) is 6.62. The van der Waals surface area contributed by atoms with Crippen LogP contribution in [0.25, 0.3) is 0 Å². The summed E-state index contributed by atoms with van der Waals surface area (Å²) < 4.78 is 9.95. The Labute approximate surface area is 115 Å². The van der Waals surface area contributed by atoms with Gasteiger partial charge in [0.1, 0.15) is 5.75 Å². The summed E-state index contributed by atoms with van der Waals surface area (Å²) in [4.78, 5) is 11.0. The zero-order chi connectivity index (χ0) is 14.3. The van der Waals surface area contributed by atoms with Crippen molar-refractivity contribution < 1.29 is 14.3 Å². The van der Waals surface area contributed by atoms with E-state index in [1.807, 2.05) is 19.1 Å². The molecule has 0 saturated carbocycles. The third kappa shape index (κ3) is 4.91. The summed E-state index contributed by atoms with van der Waals surface area (Å²) in [6.07, 6.45) is 1.11. The Morgan fingerprint density at radius 1 is 1.42 bits per heavy atom. The highest BCUT2D eigenvalue weighted by Gasteiger charge is 2.08. The maximum atomic E-state index is 11.0. The highest BCUT2D eigenvalue weighted by Crippen LogP contribution is 2.22. The van der Waals surface area contributed by atoms with E-state index in [-0.39, 0.29) is 12.6 Å². The molecular weight excluding hydrogens is 242 g/mol. The summed E-state index contributed by atoms with van der Waals surface area (Å²) >= 11 is 0. The number of esters is 1.